The molecule has 0 amide bonds. The summed E-state index contributed by atoms with van der Waals surface area (Å²) in [5, 5.41) is 0. The van der Waals surface area contributed by atoms with Crippen molar-refractivity contribution in [2.45, 2.75) is 19.8 Å². The summed E-state index contributed by atoms with van der Waals surface area (Å²) < 4.78 is 0. The maximum Gasteiger partial charge on any atom is 0.173 e. The molecule has 0 aromatic heterocycles. The van der Waals surface area contributed by atoms with Gasteiger partial charge in [-0.2, -0.15) is 0 Å². The first-order valence-corrected chi connectivity index (χ1v) is 2.85. The van der Waals surface area contributed by atoms with Gasteiger partial charge in [-0.25, -0.2) is 0 Å². The Hall–Kier alpha value is -0.370. The molecule has 3 heteroatoms. The van der Waals surface area contributed by atoms with E-state index in [0.717, 1.165) is 25.1 Å². The van der Waals surface area contributed by atoms with Gasteiger partial charge in [0.1, 0.15) is 0 Å². The van der Waals surface area contributed by atoms with Gasteiger partial charge in [-0.1, -0.05) is 0 Å². The highest BCUT2D eigenvalue weighted by atomic mass is 35.5. The highest BCUT2D eigenvalue weighted by molar-refractivity contribution is 6.39. The molecule has 9 heavy (non-hydrogen) atoms. The number of nitrogens with zero attached hydrogens (tertiary/aromatic N) is 1. The summed E-state index contributed by atoms with van der Waals surface area (Å²) in [5.74, 6) is 0.141. The molecule has 0 saturated heterocycles. The summed E-state index contributed by atoms with van der Waals surface area (Å²) in [4.78, 5) is 14.5. The zero-order chi connectivity index (χ0) is 5.98. The molecule has 0 bridgehead atoms. The second-order valence-electron chi connectivity index (χ2n) is 1.99. The quantitative estimate of drug-likeness (QED) is 0.549. The van der Waals surface area contributed by atoms with Crippen LogP contribution in [0.5, 0.6) is 0 Å². The monoisotopic (exact) mass is 147 g/mol. The fourth-order valence-corrected chi connectivity index (χ4v) is 0.827. The maximum absolute atomic E-state index is 10.5. The number of hydrogen-bond acceptors (Lipinski definition) is 2. The van der Waals surface area contributed by atoms with Crippen molar-refractivity contribution in [1.82, 2.24) is 0 Å². The second-order valence-corrected chi connectivity index (χ2v) is 1.99. The molecule has 0 radical (unpaired) electrons. The summed E-state index contributed by atoms with van der Waals surface area (Å²) in [7, 11) is 0. The van der Waals surface area contributed by atoms with Crippen LogP contribution in [-0.2, 0) is 4.79 Å². The van der Waals surface area contributed by atoms with E-state index in [-0.39, 0.29) is 18.2 Å². The fourth-order valence-electron chi connectivity index (χ4n) is 0.827. The Bertz CT molecular complexity index is 142. The van der Waals surface area contributed by atoms with Crippen LogP contribution >= 0.6 is 12.4 Å². The molecule has 1 heterocycles. The molecule has 1 aliphatic rings. The molecule has 1 aliphatic heterocycles. The third kappa shape index (κ3) is 2.14. The lowest BCUT2D eigenvalue weighted by atomic mass is 10.2. The average Bonchev–Trinajstić information content (AvgIpc) is 2.12. The number of halogens is 1. The molecule has 0 aromatic rings. The van der Waals surface area contributed by atoms with Gasteiger partial charge in [-0.05, 0) is 12.8 Å². The summed E-state index contributed by atoms with van der Waals surface area (Å²) in [5.41, 5.74) is 0.782. The van der Waals surface area contributed by atoms with E-state index in [1.807, 2.05) is 0 Å². The predicted molar refractivity (Wildman–Crippen MR) is 39.5 cm³/mol. The van der Waals surface area contributed by atoms with Gasteiger partial charge >= 0.3 is 0 Å². The molecule has 0 fully saturated rings. The number of rotatable bonds is 1. The van der Waals surface area contributed by atoms with Gasteiger partial charge in [0.2, 0.25) is 0 Å². The minimum absolute atomic E-state index is 0. The minimum atomic E-state index is 0. The number of aliphatic imine (C=N–C) groups is 1. The van der Waals surface area contributed by atoms with Crippen molar-refractivity contribution in [2.75, 3.05) is 6.54 Å². The van der Waals surface area contributed by atoms with E-state index in [1.54, 1.807) is 6.92 Å². The zero-order valence-corrected chi connectivity index (χ0v) is 6.20. The normalized spacial score (nSPS) is 16.3. The molecule has 2 nitrogen and oxygen atoms in total. The van der Waals surface area contributed by atoms with E-state index < -0.39 is 0 Å². The van der Waals surface area contributed by atoms with Gasteiger partial charge in [0.05, 0.1) is 5.71 Å². The van der Waals surface area contributed by atoms with Crippen LogP contribution in [0.25, 0.3) is 0 Å². The molecule has 52 valence electrons. The second kappa shape index (κ2) is 3.62. The largest absolute Gasteiger partial charge is 0.293 e. The van der Waals surface area contributed by atoms with Crippen molar-refractivity contribution in [3.8, 4) is 0 Å². The first-order valence-electron chi connectivity index (χ1n) is 2.85. The number of carbonyl (C=O) groups excluding carboxylic acids is 1. The van der Waals surface area contributed by atoms with E-state index >= 15 is 0 Å². The van der Waals surface area contributed by atoms with Crippen molar-refractivity contribution in [3.05, 3.63) is 0 Å². The number of Topliss-reactive ketones (excluding diaryl/α,β-unsaturated/α-hetero) is 1. The van der Waals surface area contributed by atoms with Crippen molar-refractivity contribution in [2.24, 2.45) is 4.99 Å². The number of ketones is 1. The molecule has 0 unspecified atom stereocenters. The Morgan fingerprint density at radius 3 is 2.56 bits per heavy atom. The lowest BCUT2D eigenvalue weighted by Gasteiger charge is -1.86. The van der Waals surface area contributed by atoms with Crippen LogP contribution in [-0.4, -0.2) is 18.0 Å². The summed E-state index contributed by atoms with van der Waals surface area (Å²) in [6.07, 6.45) is 1.96. The Morgan fingerprint density at radius 2 is 2.33 bits per heavy atom. The number of hydrogen-bond donors (Lipinski definition) is 0. The summed E-state index contributed by atoms with van der Waals surface area (Å²) in [6, 6.07) is 0. The Kier molecular flexibility index (Phi) is 3.47. The van der Waals surface area contributed by atoms with Crippen molar-refractivity contribution >= 4 is 23.9 Å². The van der Waals surface area contributed by atoms with Crippen LogP contribution in [0.3, 0.4) is 0 Å². The molecule has 0 aliphatic carbocycles. The Morgan fingerprint density at radius 1 is 1.67 bits per heavy atom. The first-order chi connectivity index (χ1) is 3.80. The number of carbonyl (C=O) groups is 1. The molecule has 0 spiro atoms. The van der Waals surface area contributed by atoms with E-state index in [2.05, 4.69) is 4.99 Å². The molecule has 0 saturated carbocycles. The topological polar surface area (TPSA) is 29.4 Å². The van der Waals surface area contributed by atoms with Crippen LogP contribution in [0.2, 0.25) is 0 Å². The molecular formula is C6H10ClNO. The van der Waals surface area contributed by atoms with E-state index in [0.29, 0.717) is 0 Å². The highest BCUT2D eigenvalue weighted by Gasteiger charge is 2.08. The standard InChI is InChI=1S/C6H9NO.ClH/c1-5(8)6-3-2-4-7-6;/h2-4H2,1H3;1H. The molecular weight excluding hydrogens is 138 g/mol. The van der Waals surface area contributed by atoms with Gasteiger partial charge in [0, 0.05) is 13.5 Å². The van der Waals surface area contributed by atoms with E-state index in [9.17, 15) is 4.79 Å². The molecule has 0 N–H and O–H groups in total. The van der Waals surface area contributed by atoms with Gasteiger partial charge in [0.25, 0.3) is 0 Å². The van der Waals surface area contributed by atoms with Gasteiger partial charge in [0.15, 0.2) is 5.78 Å². The lowest BCUT2D eigenvalue weighted by molar-refractivity contribution is -0.111. The lowest BCUT2D eigenvalue weighted by Crippen LogP contribution is -2.04. The van der Waals surface area contributed by atoms with Crippen LogP contribution in [0, 0.1) is 0 Å². The van der Waals surface area contributed by atoms with Gasteiger partial charge in [-0.3, -0.25) is 9.79 Å². The van der Waals surface area contributed by atoms with Crippen molar-refractivity contribution in [1.29, 1.82) is 0 Å². The maximum atomic E-state index is 10.5. The first kappa shape index (κ1) is 8.63. The van der Waals surface area contributed by atoms with Crippen LogP contribution in [0.4, 0.5) is 0 Å². The third-order valence-corrected chi connectivity index (χ3v) is 1.28. The summed E-state index contributed by atoms with van der Waals surface area (Å²) >= 11 is 0. The SMILES string of the molecule is CC(=O)C1=NCCC1.Cl. The van der Waals surface area contributed by atoms with Crippen LogP contribution < -0.4 is 0 Å². The van der Waals surface area contributed by atoms with Crippen molar-refractivity contribution < 1.29 is 4.79 Å². The minimum Gasteiger partial charge on any atom is -0.293 e. The van der Waals surface area contributed by atoms with Crippen molar-refractivity contribution in [3.63, 3.8) is 0 Å². The van der Waals surface area contributed by atoms with E-state index in [1.165, 1.54) is 0 Å². The molecule has 0 atom stereocenters. The van der Waals surface area contributed by atoms with Gasteiger partial charge in [-0.15, -0.1) is 12.4 Å². The Labute approximate surface area is 60.8 Å². The predicted octanol–water partition coefficient (Wildman–Crippen LogP) is 1.23. The molecule has 0 aromatic carbocycles. The van der Waals surface area contributed by atoms with Crippen LogP contribution in [0.1, 0.15) is 19.8 Å². The Balaban J connectivity index is 0.000000640. The smallest absolute Gasteiger partial charge is 0.173 e. The summed E-state index contributed by atoms with van der Waals surface area (Å²) in [6.45, 7) is 2.43. The van der Waals surface area contributed by atoms with Gasteiger partial charge < -0.3 is 0 Å². The molecule has 1 rings (SSSR count). The zero-order valence-electron chi connectivity index (χ0n) is 5.39. The van der Waals surface area contributed by atoms with Crippen LogP contribution in [0.15, 0.2) is 4.99 Å². The highest BCUT2D eigenvalue weighted by Crippen LogP contribution is 2.03. The van der Waals surface area contributed by atoms with E-state index in [4.69, 9.17) is 0 Å². The fraction of sp³-hybridized carbons (Fsp3) is 0.667. The third-order valence-electron chi connectivity index (χ3n) is 1.28. The average molecular weight is 148 g/mol.